The van der Waals surface area contributed by atoms with Gasteiger partial charge in [-0.1, -0.05) is 22.0 Å². The Bertz CT molecular complexity index is 1230. The molecule has 0 aliphatic heterocycles. The van der Waals surface area contributed by atoms with Gasteiger partial charge in [0.2, 0.25) is 0 Å². The van der Waals surface area contributed by atoms with Gasteiger partial charge in [-0.05, 0) is 53.9 Å². The van der Waals surface area contributed by atoms with Crippen molar-refractivity contribution < 1.29 is 31.9 Å². The molecule has 174 valence electrons. The van der Waals surface area contributed by atoms with E-state index < -0.39 is 40.9 Å². The van der Waals surface area contributed by atoms with Crippen molar-refractivity contribution >= 4 is 60.5 Å². The maximum absolute atomic E-state index is 13.7. The fourth-order valence-corrected chi connectivity index (χ4v) is 5.23. The number of amides is 1. The number of hydrogen-bond acceptors (Lipinski definition) is 7. The second-order valence-electron chi connectivity index (χ2n) is 6.52. The standard InChI is InChI=1S/C21H18BrFN2O6S2/c1-25(33(28,29)21-3-2-10-32-21)15-5-7-16(8-6-15)30-13-20(27)31-12-19(26)24-18-9-4-14(22)11-17(18)23/h2-11H,12-13H2,1H3,(H,24,26). The van der Waals surface area contributed by atoms with Crippen molar-refractivity contribution in [3.8, 4) is 5.75 Å². The molecule has 1 heterocycles. The number of carbonyl (C=O) groups excluding carboxylic acids is 2. The molecular formula is C21H18BrFN2O6S2. The van der Waals surface area contributed by atoms with Crippen molar-refractivity contribution in [1.82, 2.24) is 0 Å². The van der Waals surface area contributed by atoms with Gasteiger partial charge in [-0.3, -0.25) is 9.10 Å². The summed E-state index contributed by atoms with van der Waals surface area (Å²) in [6.07, 6.45) is 0. The molecule has 0 aliphatic carbocycles. The summed E-state index contributed by atoms with van der Waals surface area (Å²) in [6, 6.07) is 13.4. The van der Waals surface area contributed by atoms with E-state index in [0.717, 1.165) is 15.6 Å². The number of benzene rings is 2. The topological polar surface area (TPSA) is 102 Å². The first-order valence-electron chi connectivity index (χ1n) is 9.32. The van der Waals surface area contributed by atoms with E-state index in [1.165, 1.54) is 49.5 Å². The molecule has 1 amide bonds. The molecule has 33 heavy (non-hydrogen) atoms. The van der Waals surface area contributed by atoms with Crippen molar-refractivity contribution in [3.05, 3.63) is 70.3 Å². The zero-order chi connectivity index (χ0) is 24.0. The average Bonchev–Trinajstić information content (AvgIpc) is 3.34. The van der Waals surface area contributed by atoms with Crippen LogP contribution in [0, 0.1) is 5.82 Å². The van der Waals surface area contributed by atoms with Crippen molar-refractivity contribution in [1.29, 1.82) is 0 Å². The molecule has 3 aromatic rings. The predicted molar refractivity (Wildman–Crippen MR) is 126 cm³/mol. The Hall–Kier alpha value is -2.96. The van der Waals surface area contributed by atoms with Crippen LogP contribution in [-0.4, -0.2) is 40.6 Å². The molecule has 1 aromatic heterocycles. The van der Waals surface area contributed by atoms with Gasteiger partial charge in [-0.25, -0.2) is 17.6 Å². The summed E-state index contributed by atoms with van der Waals surface area (Å²) in [4.78, 5) is 23.7. The molecule has 0 saturated carbocycles. The summed E-state index contributed by atoms with van der Waals surface area (Å²) in [5.74, 6) is -1.84. The van der Waals surface area contributed by atoms with Crippen molar-refractivity contribution in [2.45, 2.75) is 4.21 Å². The summed E-state index contributed by atoms with van der Waals surface area (Å²) < 4.78 is 50.8. The fourth-order valence-electron chi connectivity index (χ4n) is 2.54. The van der Waals surface area contributed by atoms with E-state index in [0.29, 0.717) is 15.9 Å². The van der Waals surface area contributed by atoms with E-state index in [1.807, 2.05) is 0 Å². The molecule has 1 N–H and O–H groups in total. The molecule has 0 fully saturated rings. The van der Waals surface area contributed by atoms with E-state index in [4.69, 9.17) is 9.47 Å². The first-order chi connectivity index (χ1) is 15.7. The van der Waals surface area contributed by atoms with Gasteiger partial charge in [0.25, 0.3) is 15.9 Å². The number of halogens is 2. The molecule has 0 unspecified atom stereocenters. The van der Waals surface area contributed by atoms with Crippen molar-refractivity contribution in [3.63, 3.8) is 0 Å². The third-order valence-corrected chi connectivity index (χ3v) is 7.89. The number of rotatable bonds is 9. The Balaban J connectivity index is 1.47. The van der Waals surface area contributed by atoms with Crippen LogP contribution in [0.4, 0.5) is 15.8 Å². The molecule has 0 spiro atoms. The van der Waals surface area contributed by atoms with Crippen LogP contribution in [0.5, 0.6) is 5.75 Å². The zero-order valence-corrected chi connectivity index (χ0v) is 20.4. The highest BCUT2D eigenvalue weighted by atomic mass is 79.9. The van der Waals surface area contributed by atoms with E-state index in [-0.39, 0.29) is 9.90 Å². The highest BCUT2D eigenvalue weighted by molar-refractivity contribution is 9.10. The molecule has 12 heteroatoms. The van der Waals surface area contributed by atoms with Gasteiger partial charge in [-0.2, -0.15) is 0 Å². The lowest BCUT2D eigenvalue weighted by Gasteiger charge is -2.18. The van der Waals surface area contributed by atoms with Gasteiger partial charge in [0.1, 0.15) is 15.8 Å². The Morgan fingerprint density at radius 2 is 1.85 bits per heavy atom. The summed E-state index contributed by atoms with van der Waals surface area (Å²) in [5, 5.41) is 3.98. The number of ether oxygens (including phenoxy) is 2. The van der Waals surface area contributed by atoms with Crippen LogP contribution in [0.25, 0.3) is 0 Å². The van der Waals surface area contributed by atoms with E-state index >= 15 is 0 Å². The Kier molecular flexibility index (Phi) is 8.06. The number of nitrogens with one attached hydrogen (secondary N) is 1. The molecule has 8 nitrogen and oxygen atoms in total. The quantitative estimate of drug-likeness (QED) is 0.399. The minimum absolute atomic E-state index is 0.0401. The lowest BCUT2D eigenvalue weighted by Crippen LogP contribution is -2.25. The van der Waals surface area contributed by atoms with Gasteiger partial charge in [0.05, 0.1) is 11.4 Å². The van der Waals surface area contributed by atoms with Gasteiger partial charge < -0.3 is 14.8 Å². The monoisotopic (exact) mass is 556 g/mol. The van der Waals surface area contributed by atoms with Crippen LogP contribution in [0.15, 0.2) is 68.7 Å². The van der Waals surface area contributed by atoms with Crippen LogP contribution < -0.4 is 14.4 Å². The Morgan fingerprint density at radius 3 is 2.48 bits per heavy atom. The molecule has 0 atom stereocenters. The van der Waals surface area contributed by atoms with Crippen LogP contribution >= 0.6 is 27.3 Å². The zero-order valence-electron chi connectivity index (χ0n) is 17.2. The first-order valence-corrected chi connectivity index (χ1v) is 12.4. The lowest BCUT2D eigenvalue weighted by atomic mass is 10.3. The first kappa shape index (κ1) is 24.7. The fraction of sp³-hybridized carbons (Fsp3) is 0.143. The summed E-state index contributed by atoms with van der Waals surface area (Å²) >= 11 is 4.23. The molecule has 0 bridgehead atoms. The molecule has 3 rings (SSSR count). The van der Waals surface area contributed by atoms with Crippen LogP contribution in [0.2, 0.25) is 0 Å². The summed E-state index contributed by atoms with van der Waals surface area (Å²) in [7, 11) is -2.22. The third kappa shape index (κ3) is 6.53. The summed E-state index contributed by atoms with van der Waals surface area (Å²) in [5.41, 5.74) is 0.372. The Labute approximate surface area is 202 Å². The average molecular weight is 557 g/mol. The number of anilines is 2. The summed E-state index contributed by atoms with van der Waals surface area (Å²) in [6.45, 7) is -1.08. The second kappa shape index (κ2) is 10.8. The molecule has 0 aliphatic rings. The van der Waals surface area contributed by atoms with Crippen LogP contribution in [0.3, 0.4) is 0 Å². The van der Waals surface area contributed by atoms with Crippen LogP contribution in [0.1, 0.15) is 0 Å². The smallest absolute Gasteiger partial charge is 0.344 e. The molecular weight excluding hydrogens is 539 g/mol. The maximum Gasteiger partial charge on any atom is 0.344 e. The van der Waals surface area contributed by atoms with E-state index in [2.05, 4.69) is 21.2 Å². The number of carbonyl (C=O) groups is 2. The van der Waals surface area contributed by atoms with Gasteiger partial charge >= 0.3 is 5.97 Å². The maximum atomic E-state index is 13.7. The molecule has 0 radical (unpaired) electrons. The number of nitrogens with zero attached hydrogens (tertiary/aromatic N) is 1. The van der Waals surface area contributed by atoms with Gasteiger partial charge in [-0.15, -0.1) is 11.3 Å². The minimum atomic E-state index is -3.66. The van der Waals surface area contributed by atoms with E-state index in [9.17, 15) is 22.4 Å². The highest BCUT2D eigenvalue weighted by Gasteiger charge is 2.22. The van der Waals surface area contributed by atoms with Gasteiger partial charge in [0, 0.05) is 11.5 Å². The normalized spacial score (nSPS) is 11.0. The molecule has 2 aromatic carbocycles. The van der Waals surface area contributed by atoms with Crippen LogP contribution in [-0.2, 0) is 24.3 Å². The van der Waals surface area contributed by atoms with Crippen molar-refractivity contribution in [2.24, 2.45) is 0 Å². The minimum Gasteiger partial charge on any atom is -0.482 e. The highest BCUT2D eigenvalue weighted by Crippen LogP contribution is 2.26. The second-order valence-corrected chi connectivity index (χ2v) is 10.6. The predicted octanol–water partition coefficient (Wildman–Crippen LogP) is 4.04. The third-order valence-electron chi connectivity index (χ3n) is 4.24. The number of hydrogen-bond donors (Lipinski definition) is 1. The Morgan fingerprint density at radius 1 is 1.12 bits per heavy atom. The molecule has 0 saturated heterocycles. The number of sulfonamides is 1. The number of esters is 1. The van der Waals surface area contributed by atoms with Gasteiger partial charge in [0.15, 0.2) is 13.2 Å². The lowest BCUT2D eigenvalue weighted by molar-refractivity contribution is -0.149. The van der Waals surface area contributed by atoms with E-state index in [1.54, 1.807) is 17.5 Å². The number of thiophene rings is 1. The SMILES string of the molecule is CN(c1ccc(OCC(=O)OCC(=O)Nc2ccc(Br)cc2F)cc1)S(=O)(=O)c1cccs1. The largest absolute Gasteiger partial charge is 0.482 e. The van der Waals surface area contributed by atoms with Crippen molar-refractivity contribution in [2.75, 3.05) is 29.9 Å².